The van der Waals surface area contributed by atoms with Crippen molar-refractivity contribution in [3.63, 3.8) is 0 Å². The minimum absolute atomic E-state index is 0.558. The molecule has 0 aliphatic rings. The third kappa shape index (κ3) is 24.4. The molecule has 2 unspecified atom stereocenters. The van der Waals surface area contributed by atoms with E-state index >= 15 is 0 Å². The van der Waals surface area contributed by atoms with E-state index in [0.29, 0.717) is 25.0 Å². The summed E-state index contributed by atoms with van der Waals surface area (Å²) in [5.41, 5.74) is 12.1. The van der Waals surface area contributed by atoms with Crippen LogP contribution in [-0.2, 0) is 22.4 Å². The first-order valence-electron chi connectivity index (χ1n) is 20.6. The Morgan fingerprint density at radius 1 is 0.500 bits per heavy atom. The summed E-state index contributed by atoms with van der Waals surface area (Å²) in [7, 11) is 0. The van der Waals surface area contributed by atoms with Gasteiger partial charge in [-0.3, -0.25) is 0 Å². The summed E-state index contributed by atoms with van der Waals surface area (Å²) in [4.78, 5) is 19.1. The van der Waals surface area contributed by atoms with E-state index in [0.717, 1.165) is 36.8 Å². The van der Waals surface area contributed by atoms with E-state index in [1.165, 1.54) is 89.9 Å². The molecule has 8 N–H and O–H groups in total. The van der Waals surface area contributed by atoms with Crippen LogP contribution in [-0.4, -0.2) is 54.6 Å². The summed E-state index contributed by atoms with van der Waals surface area (Å²) in [6.07, 6.45) is 24.4. The van der Waals surface area contributed by atoms with Gasteiger partial charge >= 0.3 is 11.9 Å². The quantitative estimate of drug-likeness (QED) is 0.0408. The predicted molar refractivity (Wildman–Crippen MR) is 226 cm³/mol. The molecule has 2 rings (SSSR count). The molecule has 8 nitrogen and oxygen atoms in total. The van der Waals surface area contributed by atoms with Crippen molar-refractivity contribution in [2.75, 3.05) is 0 Å². The van der Waals surface area contributed by atoms with Gasteiger partial charge in [-0.15, -0.1) is 0 Å². The van der Waals surface area contributed by atoms with Crippen molar-refractivity contribution in [2.45, 2.75) is 192 Å². The predicted octanol–water partition coefficient (Wildman–Crippen LogP) is 10.2. The van der Waals surface area contributed by atoms with Crippen molar-refractivity contribution in [3.8, 4) is 0 Å². The zero-order valence-electron chi connectivity index (χ0n) is 34.8. The van der Waals surface area contributed by atoms with Crippen LogP contribution < -0.4 is 11.5 Å². The fourth-order valence-corrected chi connectivity index (χ4v) is 6.39. The lowest BCUT2D eigenvalue weighted by molar-refractivity contribution is -0.134. The molecule has 8 heteroatoms. The number of carboxylic acid groups (broad SMARTS) is 2. The van der Waals surface area contributed by atoms with Crippen molar-refractivity contribution in [1.82, 2.24) is 0 Å². The molecule has 0 bridgehead atoms. The van der Waals surface area contributed by atoms with Gasteiger partial charge in [-0.1, -0.05) is 177 Å². The van der Waals surface area contributed by atoms with Crippen LogP contribution in [0.2, 0.25) is 0 Å². The minimum Gasteiger partial charge on any atom is -0.478 e. The maximum Gasteiger partial charge on any atom is 0.328 e. The molecular formula is C46H78N2O6. The highest BCUT2D eigenvalue weighted by atomic mass is 16.4. The van der Waals surface area contributed by atoms with E-state index in [2.05, 4.69) is 38.1 Å². The Bertz CT molecular complexity index is 1160. The highest BCUT2D eigenvalue weighted by Gasteiger charge is 2.41. The molecule has 0 saturated heterocycles. The summed E-state index contributed by atoms with van der Waals surface area (Å²) >= 11 is 0. The molecule has 2 atom stereocenters. The van der Waals surface area contributed by atoms with Crippen molar-refractivity contribution >= 4 is 11.9 Å². The van der Waals surface area contributed by atoms with Crippen LogP contribution in [0.25, 0.3) is 0 Å². The zero-order chi connectivity index (χ0) is 40.9. The first kappa shape index (κ1) is 51.0. The van der Waals surface area contributed by atoms with Gasteiger partial charge in [0.15, 0.2) is 0 Å². The SMILES string of the molecule is CCCCCCCCCCC(O)(Cc1ccccc1)C(C)(C)N.CCCCCCCCCCC(O)(Cc1ccccc1)C(C)(C)N.O=C(O)/C=C/C(=O)O. The van der Waals surface area contributed by atoms with Gasteiger partial charge in [0, 0.05) is 36.1 Å². The van der Waals surface area contributed by atoms with Crippen molar-refractivity contribution in [1.29, 1.82) is 0 Å². The first-order valence-corrected chi connectivity index (χ1v) is 20.6. The molecule has 0 fully saturated rings. The van der Waals surface area contributed by atoms with E-state index in [1.54, 1.807) is 0 Å². The van der Waals surface area contributed by atoms with Crippen molar-refractivity contribution < 1.29 is 30.0 Å². The second-order valence-corrected chi connectivity index (χ2v) is 16.3. The highest BCUT2D eigenvalue weighted by Crippen LogP contribution is 2.31. The fourth-order valence-electron chi connectivity index (χ4n) is 6.39. The smallest absolute Gasteiger partial charge is 0.328 e. The summed E-state index contributed by atoms with van der Waals surface area (Å²) in [5.74, 6) is -2.51. The second-order valence-electron chi connectivity index (χ2n) is 16.3. The number of hydrogen-bond donors (Lipinski definition) is 6. The average molecular weight is 755 g/mol. The van der Waals surface area contributed by atoms with Crippen LogP contribution in [0.4, 0.5) is 0 Å². The van der Waals surface area contributed by atoms with Crippen molar-refractivity contribution in [2.24, 2.45) is 11.5 Å². The Kier molecular flexibility index (Phi) is 26.8. The number of carbonyl (C=O) groups is 2. The van der Waals surface area contributed by atoms with Crippen LogP contribution >= 0.6 is 0 Å². The Labute approximate surface area is 328 Å². The molecule has 0 amide bonds. The summed E-state index contributed by atoms with van der Waals surface area (Å²) in [6.45, 7) is 12.3. The van der Waals surface area contributed by atoms with Crippen LogP contribution in [0, 0.1) is 0 Å². The largest absolute Gasteiger partial charge is 0.478 e. The zero-order valence-corrected chi connectivity index (χ0v) is 34.8. The molecule has 54 heavy (non-hydrogen) atoms. The number of carboxylic acids is 2. The third-order valence-corrected chi connectivity index (χ3v) is 10.3. The number of nitrogens with two attached hydrogens (primary N) is 2. The molecule has 0 heterocycles. The van der Waals surface area contributed by atoms with E-state index < -0.39 is 34.2 Å². The van der Waals surface area contributed by atoms with Gasteiger partial charge in [-0.05, 0) is 51.7 Å². The standard InChI is InChI=1S/2C21H37NO.C4H4O4/c2*1-4-5-6-7-8-9-10-14-17-21(23,20(2,3)22)18-19-15-12-11-13-16-19;5-3(6)1-2-4(7)8/h2*11-13,15-16,23H,4-10,14,17-18,22H2,1-3H3;1-2H,(H,5,6)(H,7,8)/b;;2-1+. The summed E-state index contributed by atoms with van der Waals surface area (Å²) in [5, 5.41) is 37.9. The summed E-state index contributed by atoms with van der Waals surface area (Å²) in [6, 6.07) is 20.4. The topological polar surface area (TPSA) is 167 Å². The molecule has 308 valence electrons. The Balaban J connectivity index is 0.000000867. The van der Waals surface area contributed by atoms with E-state index in [4.69, 9.17) is 21.7 Å². The van der Waals surface area contributed by atoms with Gasteiger partial charge in [0.1, 0.15) is 0 Å². The molecule has 0 spiro atoms. The normalized spacial score (nSPS) is 13.9. The minimum atomic E-state index is -1.26. The van der Waals surface area contributed by atoms with E-state index in [1.807, 2.05) is 64.1 Å². The molecule has 0 saturated carbocycles. The summed E-state index contributed by atoms with van der Waals surface area (Å²) < 4.78 is 0. The number of aliphatic carboxylic acids is 2. The molecule has 0 aliphatic heterocycles. The van der Waals surface area contributed by atoms with E-state index in [9.17, 15) is 19.8 Å². The fraction of sp³-hybridized carbons (Fsp3) is 0.652. The van der Waals surface area contributed by atoms with Crippen LogP contribution in [0.3, 0.4) is 0 Å². The van der Waals surface area contributed by atoms with Gasteiger partial charge in [-0.25, -0.2) is 9.59 Å². The lowest BCUT2D eigenvalue weighted by Crippen LogP contribution is -2.57. The van der Waals surface area contributed by atoms with Gasteiger partial charge in [0.05, 0.1) is 11.2 Å². The maximum atomic E-state index is 11.1. The monoisotopic (exact) mass is 755 g/mol. The molecular weight excluding hydrogens is 677 g/mol. The highest BCUT2D eigenvalue weighted by molar-refractivity contribution is 5.89. The second kappa shape index (κ2) is 28.4. The number of aliphatic hydroxyl groups is 2. The maximum absolute atomic E-state index is 11.1. The molecule has 2 aromatic rings. The molecule has 2 aromatic carbocycles. The number of unbranched alkanes of at least 4 members (excludes halogenated alkanes) is 14. The average Bonchev–Trinajstić information content (AvgIpc) is 3.10. The van der Waals surface area contributed by atoms with Crippen LogP contribution in [0.5, 0.6) is 0 Å². The van der Waals surface area contributed by atoms with Gasteiger partial charge in [-0.2, -0.15) is 0 Å². The van der Waals surface area contributed by atoms with Crippen molar-refractivity contribution in [3.05, 3.63) is 83.9 Å². The molecule has 0 radical (unpaired) electrons. The van der Waals surface area contributed by atoms with Crippen LogP contribution in [0.1, 0.15) is 168 Å². The lowest BCUT2D eigenvalue weighted by Gasteiger charge is -2.40. The number of benzene rings is 2. The Morgan fingerprint density at radius 2 is 0.759 bits per heavy atom. The number of rotatable bonds is 26. The third-order valence-electron chi connectivity index (χ3n) is 10.3. The van der Waals surface area contributed by atoms with Gasteiger partial charge in [0.25, 0.3) is 0 Å². The van der Waals surface area contributed by atoms with Crippen LogP contribution in [0.15, 0.2) is 72.8 Å². The Hall–Kier alpha value is -3.04. The molecule has 0 aromatic heterocycles. The van der Waals surface area contributed by atoms with Gasteiger partial charge in [0.2, 0.25) is 0 Å². The first-order chi connectivity index (χ1) is 25.4. The Morgan fingerprint density at radius 3 is 1.00 bits per heavy atom. The molecule has 0 aliphatic carbocycles. The van der Waals surface area contributed by atoms with E-state index in [-0.39, 0.29) is 0 Å². The number of hydrogen-bond acceptors (Lipinski definition) is 6. The van der Waals surface area contributed by atoms with Gasteiger partial charge < -0.3 is 31.9 Å². The lowest BCUT2D eigenvalue weighted by atomic mass is 9.75.